The van der Waals surface area contributed by atoms with Gasteiger partial charge in [0.25, 0.3) is 5.91 Å². The number of nitrogens with one attached hydrogen (secondary N) is 1. The maximum absolute atomic E-state index is 13.1. The van der Waals surface area contributed by atoms with Crippen LogP contribution in [0.4, 0.5) is 0 Å². The van der Waals surface area contributed by atoms with E-state index in [1.165, 1.54) is 0 Å². The lowest BCUT2D eigenvalue weighted by atomic mass is 10.0. The molecule has 1 aliphatic rings. The predicted octanol–water partition coefficient (Wildman–Crippen LogP) is 4.59. The maximum atomic E-state index is 13.1. The molecule has 0 unspecified atom stereocenters. The van der Waals surface area contributed by atoms with Crippen molar-refractivity contribution in [1.29, 1.82) is 5.26 Å². The summed E-state index contributed by atoms with van der Waals surface area (Å²) in [7, 11) is 0. The molecule has 0 bridgehead atoms. The van der Waals surface area contributed by atoms with Crippen LogP contribution < -0.4 is 5.43 Å². The van der Waals surface area contributed by atoms with Crippen LogP contribution >= 0.6 is 23.2 Å². The van der Waals surface area contributed by atoms with Gasteiger partial charge in [-0.15, -0.1) is 0 Å². The molecule has 9 heteroatoms. The maximum Gasteiger partial charge on any atom is 0.286 e. The minimum absolute atomic E-state index is 0.287. The zero-order valence-electron chi connectivity index (χ0n) is 18.1. The second-order valence-electron chi connectivity index (χ2n) is 7.73. The Morgan fingerprint density at radius 1 is 1.18 bits per heavy atom. The lowest BCUT2D eigenvalue weighted by Gasteiger charge is -2.26. The van der Waals surface area contributed by atoms with Crippen molar-refractivity contribution < 1.29 is 9.53 Å². The molecular weight excluding hydrogens is 461 g/mol. The topological polar surface area (TPSA) is 83.2 Å². The van der Waals surface area contributed by atoms with E-state index in [2.05, 4.69) is 16.6 Å². The highest BCUT2D eigenvalue weighted by molar-refractivity contribution is 6.35. The molecular formula is C24H23Cl2N5O2. The smallest absolute Gasteiger partial charge is 0.286 e. The third-order valence-corrected chi connectivity index (χ3v) is 6.04. The fraction of sp³-hybridized carbons (Fsp3) is 0.292. The zero-order valence-corrected chi connectivity index (χ0v) is 19.7. The normalized spacial score (nSPS) is 14.1. The Labute approximate surface area is 202 Å². The largest absolute Gasteiger partial charge is 0.379 e. The summed E-state index contributed by atoms with van der Waals surface area (Å²) >= 11 is 12.6. The highest BCUT2D eigenvalue weighted by atomic mass is 35.5. The van der Waals surface area contributed by atoms with E-state index in [-0.39, 0.29) is 5.91 Å². The minimum Gasteiger partial charge on any atom is -0.379 e. The number of hydrogen-bond donors (Lipinski definition) is 1. The number of morpholine rings is 1. The molecule has 1 amide bonds. The third kappa shape index (κ3) is 5.21. The number of nitriles is 1. The number of aryl methyl sites for hydroxylation is 1. The number of halogens is 2. The SMILES string of the molecule is Cc1c(C(=O)NN2CCOCC2)nn(-c2ccc(Cl)cc2Cl)c1-c1ccc(CCC#N)cc1. The minimum atomic E-state index is -0.287. The van der Waals surface area contributed by atoms with Crippen molar-refractivity contribution in [2.24, 2.45) is 0 Å². The Kier molecular flexibility index (Phi) is 7.31. The number of nitrogens with zero attached hydrogens (tertiary/aromatic N) is 4. The van der Waals surface area contributed by atoms with Gasteiger partial charge in [-0.1, -0.05) is 47.5 Å². The molecule has 2 heterocycles. The number of ether oxygens (including phenoxy) is 1. The third-order valence-electron chi connectivity index (χ3n) is 5.50. The van der Waals surface area contributed by atoms with Gasteiger partial charge in [-0.2, -0.15) is 10.4 Å². The van der Waals surface area contributed by atoms with Crippen LogP contribution in [-0.2, 0) is 11.2 Å². The van der Waals surface area contributed by atoms with E-state index >= 15 is 0 Å². The van der Waals surface area contributed by atoms with Crippen molar-refractivity contribution in [1.82, 2.24) is 20.2 Å². The van der Waals surface area contributed by atoms with Crippen molar-refractivity contribution in [3.63, 3.8) is 0 Å². The molecule has 1 N–H and O–H groups in total. The van der Waals surface area contributed by atoms with E-state index < -0.39 is 0 Å². The summed E-state index contributed by atoms with van der Waals surface area (Å²) in [6, 6.07) is 15.3. The lowest BCUT2D eigenvalue weighted by molar-refractivity contribution is 0.0124. The van der Waals surface area contributed by atoms with E-state index in [9.17, 15) is 4.79 Å². The molecule has 4 rings (SSSR count). The molecule has 1 aromatic heterocycles. The monoisotopic (exact) mass is 483 g/mol. The summed E-state index contributed by atoms with van der Waals surface area (Å²) < 4.78 is 7.04. The van der Waals surface area contributed by atoms with E-state index in [1.54, 1.807) is 22.9 Å². The van der Waals surface area contributed by atoms with Crippen LogP contribution in [0.15, 0.2) is 42.5 Å². The number of carbonyl (C=O) groups excluding carboxylic acids is 1. The van der Waals surface area contributed by atoms with Crippen molar-refractivity contribution in [2.75, 3.05) is 26.3 Å². The van der Waals surface area contributed by atoms with E-state index in [1.807, 2.05) is 36.2 Å². The molecule has 0 spiro atoms. The first-order valence-electron chi connectivity index (χ1n) is 10.6. The highest BCUT2D eigenvalue weighted by Gasteiger charge is 2.25. The first-order chi connectivity index (χ1) is 16.0. The van der Waals surface area contributed by atoms with Gasteiger partial charge in [-0.05, 0) is 37.1 Å². The van der Waals surface area contributed by atoms with Crippen LogP contribution in [0.2, 0.25) is 10.0 Å². The fourth-order valence-electron chi connectivity index (χ4n) is 3.78. The molecule has 0 radical (unpaired) electrons. The number of rotatable bonds is 6. The number of hydrazine groups is 1. The van der Waals surface area contributed by atoms with Crippen molar-refractivity contribution in [3.8, 4) is 23.0 Å². The van der Waals surface area contributed by atoms with Gasteiger partial charge in [0, 0.05) is 35.7 Å². The lowest BCUT2D eigenvalue weighted by Crippen LogP contribution is -2.48. The van der Waals surface area contributed by atoms with Crippen LogP contribution in [0.25, 0.3) is 16.9 Å². The Morgan fingerprint density at radius 3 is 2.58 bits per heavy atom. The standard InChI is InChI=1S/C24H23Cl2N5O2/c1-16-22(24(32)29-30-11-13-33-14-12-30)28-31(21-9-8-19(25)15-20(21)26)23(16)18-6-4-17(5-7-18)3-2-10-27/h4-9,15H,2-3,11-14H2,1H3,(H,29,32). The van der Waals surface area contributed by atoms with E-state index in [4.69, 9.17) is 33.2 Å². The molecule has 3 aromatic rings. The number of aromatic nitrogens is 2. The van der Waals surface area contributed by atoms with Gasteiger partial charge in [0.15, 0.2) is 5.69 Å². The molecule has 170 valence electrons. The van der Waals surface area contributed by atoms with Gasteiger partial charge < -0.3 is 4.74 Å². The van der Waals surface area contributed by atoms with Gasteiger partial charge >= 0.3 is 0 Å². The summed E-state index contributed by atoms with van der Waals surface area (Å²) in [5, 5.41) is 16.3. The number of amides is 1. The molecule has 2 aromatic carbocycles. The van der Waals surface area contributed by atoms with Crippen molar-refractivity contribution >= 4 is 29.1 Å². The van der Waals surface area contributed by atoms with Crippen LogP contribution in [0.1, 0.15) is 28.0 Å². The summed E-state index contributed by atoms with van der Waals surface area (Å²) in [5.74, 6) is -0.287. The summed E-state index contributed by atoms with van der Waals surface area (Å²) in [5.41, 5.74) is 7.32. The van der Waals surface area contributed by atoms with Crippen LogP contribution in [0.5, 0.6) is 0 Å². The van der Waals surface area contributed by atoms with Crippen LogP contribution in [0, 0.1) is 18.3 Å². The van der Waals surface area contributed by atoms with Gasteiger partial charge in [0.1, 0.15) is 0 Å². The summed E-state index contributed by atoms with van der Waals surface area (Å²) in [4.78, 5) is 13.1. The van der Waals surface area contributed by atoms with Crippen molar-refractivity contribution in [3.05, 3.63) is 69.3 Å². The Hall–Kier alpha value is -2.89. The second-order valence-corrected chi connectivity index (χ2v) is 8.57. The Balaban J connectivity index is 1.76. The number of carbonyl (C=O) groups is 1. The van der Waals surface area contributed by atoms with Crippen LogP contribution in [-0.4, -0.2) is 47.0 Å². The zero-order chi connectivity index (χ0) is 23.4. The Bertz CT molecular complexity index is 1190. The molecule has 33 heavy (non-hydrogen) atoms. The van der Waals surface area contributed by atoms with E-state index in [0.717, 1.165) is 22.4 Å². The predicted molar refractivity (Wildman–Crippen MR) is 128 cm³/mol. The van der Waals surface area contributed by atoms with Gasteiger partial charge in [-0.25, -0.2) is 9.69 Å². The first-order valence-corrected chi connectivity index (χ1v) is 11.4. The van der Waals surface area contributed by atoms with Gasteiger partial charge in [-0.3, -0.25) is 10.2 Å². The first kappa shape index (κ1) is 23.3. The summed E-state index contributed by atoms with van der Waals surface area (Å²) in [6.07, 6.45) is 1.15. The second kappa shape index (κ2) is 10.4. The highest BCUT2D eigenvalue weighted by Crippen LogP contribution is 2.33. The average molecular weight is 484 g/mol. The molecule has 1 fully saturated rings. The quantitative estimate of drug-likeness (QED) is 0.554. The van der Waals surface area contributed by atoms with Gasteiger partial charge in [0.05, 0.1) is 35.7 Å². The summed E-state index contributed by atoms with van der Waals surface area (Å²) in [6.45, 7) is 4.24. The fourth-order valence-corrected chi connectivity index (χ4v) is 4.27. The van der Waals surface area contributed by atoms with Crippen LogP contribution in [0.3, 0.4) is 0 Å². The van der Waals surface area contributed by atoms with E-state index in [0.29, 0.717) is 60.6 Å². The molecule has 0 atom stereocenters. The van der Waals surface area contributed by atoms with Gasteiger partial charge in [0.2, 0.25) is 0 Å². The Morgan fingerprint density at radius 2 is 1.91 bits per heavy atom. The number of hydrogen-bond acceptors (Lipinski definition) is 5. The molecule has 7 nitrogen and oxygen atoms in total. The molecule has 1 aliphatic heterocycles. The molecule has 0 aliphatic carbocycles. The average Bonchev–Trinajstić information content (AvgIpc) is 3.15. The van der Waals surface area contributed by atoms with Crippen molar-refractivity contribution in [2.45, 2.75) is 19.8 Å². The molecule has 0 saturated carbocycles. The number of benzene rings is 2. The molecule has 1 saturated heterocycles.